The Labute approximate surface area is 183 Å². The Bertz CT molecular complexity index is 873. The second-order valence-corrected chi connectivity index (χ2v) is 6.50. The highest BCUT2D eigenvalue weighted by Crippen LogP contribution is 2.16. The molecule has 0 atom stereocenters. The number of H-pyrrole nitrogens is 1. The molecular weight excluding hydrogens is 463 g/mol. The highest BCUT2D eigenvalue weighted by molar-refractivity contribution is 14.0. The molecule has 3 rings (SSSR count). The lowest BCUT2D eigenvalue weighted by Crippen LogP contribution is -2.39. The molecule has 0 aliphatic heterocycles. The van der Waals surface area contributed by atoms with Crippen LogP contribution < -0.4 is 5.32 Å². The summed E-state index contributed by atoms with van der Waals surface area (Å²) in [7, 11) is 3.80. The minimum Gasteiger partial charge on any atom is -0.356 e. The number of halogens is 1. The summed E-state index contributed by atoms with van der Waals surface area (Å²) in [6.45, 7) is 3.45. The maximum Gasteiger partial charge on any atom is 0.193 e. The highest BCUT2D eigenvalue weighted by atomic mass is 127. The van der Waals surface area contributed by atoms with Crippen molar-refractivity contribution in [2.24, 2.45) is 4.99 Å². The number of hydrogen-bond donors (Lipinski definition) is 2. The van der Waals surface area contributed by atoms with Gasteiger partial charge < -0.3 is 15.2 Å². The van der Waals surface area contributed by atoms with Crippen molar-refractivity contribution in [2.75, 3.05) is 20.6 Å². The van der Waals surface area contributed by atoms with Crippen LogP contribution in [0.25, 0.3) is 11.3 Å². The molecule has 0 amide bonds. The second-order valence-electron chi connectivity index (χ2n) is 6.50. The largest absolute Gasteiger partial charge is 0.356 e. The predicted octanol–water partition coefficient (Wildman–Crippen LogP) is 3.65. The van der Waals surface area contributed by atoms with Gasteiger partial charge in [-0.25, -0.2) is 4.98 Å². The third-order valence-corrected chi connectivity index (χ3v) is 4.34. The highest BCUT2D eigenvalue weighted by Gasteiger charge is 2.09. The first kappa shape index (κ1) is 21.9. The van der Waals surface area contributed by atoms with E-state index in [1.165, 1.54) is 5.56 Å². The van der Waals surface area contributed by atoms with E-state index in [-0.39, 0.29) is 24.0 Å². The van der Waals surface area contributed by atoms with Crippen LogP contribution >= 0.6 is 24.0 Å². The number of imidazole rings is 1. The summed E-state index contributed by atoms with van der Waals surface area (Å²) in [6, 6.07) is 14.4. The van der Waals surface area contributed by atoms with E-state index in [1.54, 1.807) is 7.05 Å². The summed E-state index contributed by atoms with van der Waals surface area (Å²) >= 11 is 0. The Balaban J connectivity index is 0.00000280. The zero-order valence-corrected chi connectivity index (χ0v) is 18.8. The Morgan fingerprint density at radius 1 is 1.11 bits per heavy atom. The normalized spacial score (nSPS) is 11.0. The first-order valence-electron chi connectivity index (χ1n) is 9.08. The number of aliphatic imine (C=N–C) groups is 1. The average molecular weight is 490 g/mol. The number of aryl methyl sites for hydroxylation is 1. The molecule has 0 aliphatic carbocycles. The minimum absolute atomic E-state index is 0. The molecule has 0 fully saturated rings. The van der Waals surface area contributed by atoms with Crippen LogP contribution in [0.15, 0.2) is 59.9 Å². The fraction of sp³-hybridized carbons (Fsp3) is 0.286. The van der Waals surface area contributed by atoms with Crippen LogP contribution in [0.5, 0.6) is 0 Å². The number of nitrogens with one attached hydrogen (secondary N) is 2. The number of pyridine rings is 1. The number of rotatable bonds is 6. The lowest BCUT2D eigenvalue weighted by Gasteiger charge is -2.21. The van der Waals surface area contributed by atoms with Crippen LogP contribution in [0, 0.1) is 6.92 Å². The molecule has 28 heavy (non-hydrogen) atoms. The monoisotopic (exact) mass is 490 g/mol. The Kier molecular flexibility index (Phi) is 8.43. The van der Waals surface area contributed by atoms with Gasteiger partial charge in [0.1, 0.15) is 5.82 Å². The van der Waals surface area contributed by atoms with Crippen molar-refractivity contribution >= 4 is 29.9 Å². The predicted molar refractivity (Wildman–Crippen MR) is 125 cm³/mol. The SMILES string of the molecule is CN=C(NCCc1ccc(C)nc1)N(C)Cc1ncc(-c2ccccc2)[nH]1.I. The standard InChI is InChI=1S/C21H26N6.HI/c1-16-9-10-17(13-24-16)11-12-23-21(22-2)27(3)15-20-25-14-19(26-20)18-7-5-4-6-8-18;/h4-10,13-14H,11-12,15H2,1-3H3,(H,22,23)(H,25,26);1H. The van der Waals surface area contributed by atoms with E-state index < -0.39 is 0 Å². The first-order chi connectivity index (χ1) is 13.2. The van der Waals surface area contributed by atoms with E-state index >= 15 is 0 Å². The van der Waals surface area contributed by atoms with Gasteiger partial charge in [0.15, 0.2) is 5.96 Å². The van der Waals surface area contributed by atoms with E-state index in [1.807, 2.05) is 50.6 Å². The van der Waals surface area contributed by atoms with Crippen LogP contribution in [0.4, 0.5) is 0 Å². The van der Waals surface area contributed by atoms with Crippen LogP contribution in [-0.4, -0.2) is 46.5 Å². The van der Waals surface area contributed by atoms with Crippen molar-refractivity contribution in [3.63, 3.8) is 0 Å². The number of nitrogens with zero attached hydrogens (tertiary/aromatic N) is 4. The summed E-state index contributed by atoms with van der Waals surface area (Å²) < 4.78 is 0. The number of hydrogen-bond acceptors (Lipinski definition) is 3. The maximum absolute atomic E-state index is 4.50. The van der Waals surface area contributed by atoms with E-state index in [2.05, 4.69) is 48.4 Å². The molecule has 0 unspecified atom stereocenters. The van der Waals surface area contributed by atoms with Crippen LogP contribution in [0.3, 0.4) is 0 Å². The lowest BCUT2D eigenvalue weighted by molar-refractivity contribution is 0.464. The third kappa shape index (κ3) is 6.05. The van der Waals surface area contributed by atoms with Gasteiger partial charge in [-0.1, -0.05) is 36.4 Å². The minimum atomic E-state index is 0. The number of aromatic amines is 1. The molecule has 2 N–H and O–H groups in total. The Morgan fingerprint density at radius 3 is 2.57 bits per heavy atom. The molecule has 2 aromatic heterocycles. The summed E-state index contributed by atoms with van der Waals surface area (Å²) in [5.41, 5.74) is 4.40. The van der Waals surface area contributed by atoms with Crippen molar-refractivity contribution in [1.82, 2.24) is 25.2 Å². The van der Waals surface area contributed by atoms with Crippen LogP contribution in [-0.2, 0) is 13.0 Å². The van der Waals surface area contributed by atoms with Gasteiger partial charge in [-0.2, -0.15) is 0 Å². The van der Waals surface area contributed by atoms with E-state index in [4.69, 9.17) is 0 Å². The van der Waals surface area contributed by atoms with Crippen LogP contribution in [0.2, 0.25) is 0 Å². The van der Waals surface area contributed by atoms with Gasteiger partial charge in [-0.05, 0) is 30.5 Å². The smallest absolute Gasteiger partial charge is 0.193 e. The molecule has 7 heteroatoms. The van der Waals surface area contributed by atoms with Gasteiger partial charge in [0.2, 0.25) is 0 Å². The molecule has 3 aromatic rings. The molecule has 0 spiro atoms. The Morgan fingerprint density at radius 2 is 1.89 bits per heavy atom. The third-order valence-electron chi connectivity index (χ3n) is 4.34. The van der Waals surface area contributed by atoms with E-state index in [0.29, 0.717) is 6.54 Å². The second kappa shape index (κ2) is 10.8. The van der Waals surface area contributed by atoms with Gasteiger partial charge in [-0.3, -0.25) is 9.98 Å². The molecule has 2 heterocycles. The van der Waals surface area contributed by atoms with Crippen molar-refractivity contribution in [1.29, 1.82) is 0 Å². The fourth-order valence-electron chi connectivity index (χ4n) is 2.86. The van der Waals surface area contributed by atoms with E-state index in [9.17, 15) is 0 Å². The summed E-state index contributed by atoms with van der Waals surface area (Å²) in [5.74, 6) is 1.75. The molecule has 0 aliphatic rings. The number of guanidine groups is 1. The van der Waals surface area contributed by atoms with Crippen molar-refractivity contribution in [2.45, 2.75) is 19.9 Å². The maximum atomic E-state index is 4.50. The molecule has 6 nitrogen and oxygen atoms in total. The van der Waals surface area contributed by atoms with Crippen molar-refractivity contribution in [3.05, 3.63) is 71.9 Å². The fourth-order valence-corrected chi connectivity index (χ4v) is 2.86. The Hall–Kier alpha value is -2.42. The molecule has 0 radical (unpaired) electrons. The van der Waals surface area contributed by atoms with Gasteiger partial charge in [0, 0.05) is 32.5 Å². The summed E-state index contributed by atoms with van der Waals surface area (Å²) in [4.78, 5) is 18.6. The zero-order chi connectivity index (χ0) is 19.1. The number of benzene rings is 1. The molecule has 1 aromatic carbocycles. The summed E-state index contributed by atoms with van der Waals surface area (Å²) in [5, 5.41) is 3.40. The van der Waals surface area contributed by atoms with Gasteiger partial charge >= 0.3 is 0 Å². The molecular formula is C21H27IN6. The van der Waals surface area contributed by atoms with Gasteiger partial charge in [0.25, 0.3) is 0 Å². The van der Waals surface area contributed by atoms with Gasteiger partial charge in [0.05, 0.1) is 18.4 Å². The molecule has 148 valence electrons. The van der Waals surface area contributed by atoms with Crippen LogP contribution in [0.1, 0.15) is 17.1 Å². The van der Waals surface area contributed by atoms with Crippen molar-refractivity contribution < 1.29 is 0 Å². The molecule has 0 saturated carbocycles. The number of aromatic nitrogens is 3. The lowest BCUT2D eigenvalue weighted by atomic mass is 10.2. The topological polar surface area (TPSA) is 69.2 Å². The molecule has 0 bridgehead atoms. The first-order valence-corrected chi connectivity index (χ1v) is 9.08. The van der Waals surface area contributed by atoms with Gasteiger partial charge in [-0.15, -0.1) is 24.0 Å². The summed E-state index contributed by atoms with van der Waals surface area (Å²) in [6.07, 6.45) is 4.70. The molecule has 0 saturated heterocycles. The van der Waals surface area contributed by atoms with Crippen molar-refractivity contribution in [3.8, 4) is 11.3 Å². The zero-order valence-electron chi connectivity index (χ0n) is 16.5. The quantitative estimate of drug-likeness (QED) is 0.315. The van der Waals surface area contributed by atoms with E-state index in [0.717, 1.165) is 41.7 Å². The average Bonchev–Trinajstić information content (AvgIpc) is 3.16.